The van der Waals surface area contributed by atoms with Gasteiger partial charge in [-0.25, -0.2) is 10.1 Å². The largest absolute Gasteiger partial charge is 0.463 e. The fourth-order valence-electron chi connectivity index (χ4n) is 2.26. The van der Waals surface area contributed by atoms with Crippen LogP contribution in [-0.4, -0.2) is 31.2 Å². The maximum Gasteiger partial charge on any atom is 0.259 e. The number of hydrogen-bond donors (Lipinski definition) is 2. The second-order valence-electron chi connectivity index (χ2n) is 4.77. The summed E-state index contributed by atoms with van der Waals surface area (Å²) in [5.74, 6) is 0.386. The van der Waals surface area contributed by atoms with Crippen molar-refractivity contribution < 1.29 is 13.7 Å². The van der Waals surface area contributed by atoms with Crippen LogP contribution in [0.15, 0.2) is 39.7 Å². The molecular weight excluding hydrogens is 300 g/mol. The van der Waals surface area contributed by atoms with Gasteiger partial charge in [-0.3, -0.25) is 10.1 Å². The van der Waals surface area contributed by atoms with E-state index in [9.17, 15) is 4.79 Å². The van der Waals surface area contributed by atoms with Crippen LogP contribution in [0, 0.1) is 6.92 Å². The van der Waals surface area contributed by atoms with Crippen LogP contribution in [0.1, 0.15) is 16.1 Å². The SMILES string of the molecule is Cc1noc2nc(-c3ccco3)cc(C(=O)Nc3ncn[nH]3)c12. The molecule has 4 heterocycles. The van der Waals surface area contributed by atoms with Gasteiger partial charge in [-0.05, 0) is 25.1 Å². The van der Waals surface area contributed by atoms with Crippen LogP contribution in [0.25, 0.3) is 22.6 Å². The number of nitrogens with zero attached hydrogens (tertiary/aromatic N) is 4. The zero-order valence-electron chi connectivity index (χ0n) is 11.9. The second kappa shape index (κ2) is 5.05. The van der Waals surface area contributed by atoms with Crippen molar-refractivity contribution in [3.05, 3.63) is 42.0 Å². The Balaban J connectivity index is 1.86. The standard InChI is InChI=1S/C14H10N6O3/c1-7-11-8(12(21)18-14-15-6-16-19-14)5-9(10-3-2-4-22-10)17-13(11)23-20-7/h2-6H,1H3,(H2,15,16,18,19,21). The van der Waals surface area contributed by atoms with Gasteiger partial charge in [-0.15, -0.1) is 0 Å². The van der Waals surface area contributed by atoms with Gasteiger partial charge in [0.25, 0.3) is 11.6 Å². The van der Waals surface area contributed by atoms with Crippen LogP contribution in [0.5, 0.6) is 0 Å². The molecule has 0 aromatic carbocycles. The van der Waals surface area contributed by atoms with Crippen LogP contribution in [-0.2, 0) is 0 Å². The minimum atomic E-state index is -0.381. The van der Waals surface area contributed by atoms with Gasteiger partial charge in [-0.1, -0.05) is 5.16 Å². The summed E-state index contributed by atoms with van der Waals surface area (Å²) in [6, 6.07) is 5.10. The van der Waals surface area contributed by atoms with Crippen molar-refractivity contribution in [1.82, 2.24) is 25.3 Å². The maximum atomic E-state index is 12.6. The van der Waals surface area contributed by atoms with E-state index >= 15 is 0 Å². The molecule has 0 bridgehead atoms. The smallest absolute Gasteiger partial charge is 0.259 e. The van der Waals surface area contributed by atoms with Gasteiger partial charge in [0, 0.05) is 0 Å². The number of aromatic nitrogens is 5. The lowest BCUT2D eigenvalue weighted by Gasteiger charge is -2.05. The van der Waals surface area contributed by atoms with Gasteiger partial charge in [0.1, 0.15) is 12.0 Å². The summed E-state index contributed by atoms with van der Waals surface area (Å²) in [6.07, 6.45) is 2.83. The minimum absolute atomic E-state index is 0.244. The van der Waals surface area contributed by atoms with Crippen LogP contribution in [0.2, 0.25) is 0 Å². The van der Waals surface area contributed by atoms with E-state index in [2.05, 4.69) is 30.6 Å². The highest BCUT2D eigenvalue weighted by atomic mass is 16.5. The van der Waals surface area contributed by atoms with Gasteiger partial charge in [0.15, 0.2) is 5.76 Å². The van der Waals surface area contributed by atoms with Crippen LogP contribution >= 0.6 is 0 Å². The average Bonchev–Trinajstić information content (AvgIpc) is 3.28. The predicted octanol–water partition coefficient (Wildman–Crippen LogP) is 2.16. The zero-order valence-corrected chi connectivity index (χ0v) is 11.9. The van der Waals surface area contributed by atoms with Crippen molar-refractivity contribution in [2.45, 2.75) is 6.92 Å². The molecule has 0 unspecified atom stereocenters. The molecule has 0 saturated carbocycles. The minimum Gasteiger partial charge on any atom is -0.463 e. The molecule has 114 valence electrons. The molecule has 4 rings (SSSR count). The molecule has 0 spiro atoms. The van der Waals surface area contributed by atoms with Crippen molar-refractivity contribution in [2.24, 2.45) is 0 Å². The number of furan rings is 1. The number of carbonyl (C=O) groups is 1. The Morgan fingerprint density at radius 2 is 2.30 bits per heavy atom. The van der Waals surface area contributed by atoms with Crippen molar-refractivity contribution in [3.8, 4) is 11.5 Å². The number of pyridine rings is 1. The van der Waals surface area contributed by atoms with E-state index in [1.165, 1.54) is 12.6 Å². The number of fused-ring (bicyclic) bond motifs is 1. The first-order valence-corrected chi connectivity index (χ1v) is 6.70. The van der Waals surface area contributed by atoms with E-state index in [4.69, 9.17) is 8.94 Å². The van der Waals surface area contributed by atoms with Crippen molar-refractivity contribution >= 4 is 23.0 Å². The summed E-state index contributed by atoms with van der Waals surface area (Å²) >= 11 is 0. The van der Waals surface area contributed by atoms with Crippen molar-refractivity contribution in [1.29, 1.82) is 0 Å². The molecule has 0 aliphatic heterocycles. The third-order valence-corrected chi connectivity index (χ3v) is 3.28. The van der Waals surface area contributed by atoms with Gasteiger partial charge < -0.3 is 8.94 Å². The first-order chi connectivity index (χ1) is 11.2. The van der Waals surface area contributed by atoms with Gasteiger partial charge in [0.05, 0.1) is 22.9 Å². The Morgan fingerprint density at radius 1 is 1.39 bits per heavy atom. The first kappa shape index (κ1) is 13.2. The molecule has 0 saturated heterocycles. The molecule has 23 heavy (non-hydrogen) atoms. The molecule has 0 aliphatic rings. The number of aromatic amines is 1. The molecule has 4 aromatic heterocycles. The first-order valence-electron chi connectivity index (χ1n) is 6.70. The number of amides is 1. The quantitative estimate of drug-likeness (QED) is 0.594. The van der Waals surface area contributed by atoms with Crippen LogP contribution in [0.4, 0.5) is 5.95 Å². The maximum absolute atomic E-state index is 12.6. The Morgan fingerprint density at radius 3 is 3.04 bits per heavy atom. The average molecular weight is 310 g/mol. The molecule has 4 aromatic rings. The van der Waals surface area contributed by atoms with E-state index in [0.717, 1.165) is 0 Å². The molecule has 1 amide bonds. The number of hydrogen-bond acceptors (Lipinski definition) is 7. The summed E-state index contributed by atoms with van der Waals surface area (Å²) in [7, 11) is 0. The highest BCUT2D eigenvalue weighted by molar-refractivity contribution is 6.12. The molecule has 0 aliphatic carbocycles. The summed E-state index contributed by atoms with van der Waals surface area (Å²) in [5, 5.41) is 13.3. The van der Waals surface area contributed by atoms with Gasteiger partial charge in [0.2, 0.25) is 5.95 Å². The van der Waals surface area contributed by atoms with E-state index in [-0.39, 0.29) is 17.6 Å². The topological polar surface area (TPSA) is 123 Å². The Hall–Kier alpha value is -3.49. The third kappa shape index (κ3) is 2.24. The molecule has 2 N–H and O–H groups in total. The Bertz CT molecular complexity index is 972. The molecular formula is C14H10N6O3. The number of H-pyrrole nitrogens is 1. The summed E-state index contributed by atoms with van der Waals surface area (Å²) in [5.41, 5.74) is 1.67. The predicted molar refractivity (Wildman–Crippen MR) is 78.6 cm³/mol. The molecule has 0 radical (unpaired) electrons. The van der Waals surface area contributed by atoms with E-state index in [0.29, 0.717) is 28.1 Å². The normalized spacial score (nSPS) is 11.0. The van der Waals surface area contributed by atoms with Crippen LogP contribution < -0.4 is 5.32 Å². The fraction of sp³-hybridized carbons (Fsp3) is 0.0714. The fourth-order valence-corrected chi connectivity index (χ4v) is 2.26. The Labute approximate surface area is 128 Å². The lowest BCUT2D eigenvalue weighted by molar-refractivity contribution is 0.102. The summed E-state index contributed by atoms with van der Waals surface area (Å²) < 4.78 is 10.5. The highest BCUT2D eigenvalue weighted by Crippen LogP contribution is 2.27. The van der Waals surface area contributed by atoms with E-state index < -0.39 is 0 Å². The molecule has 0 atom stereocenters. The summed E-state index contributed by atoms with van der Waals surface area (Å²) in [6.45, 7) is 1.74. The van der Waals surface area contributed by atoms with Crippen molar-refractivity contribution in [2.75, 3.05) is 5.32 Å². The third-order valence-electron chi connectivity index (χ3n) is 3.28. The van der Waals surface area contributed by atoms with Gasteiger partial charge in [-0.2, -0.15) is 10.1 Å². The van der Waals surface area contributed by atoms with E-state index in [1.807, 2.05) is 0 Å². The molecule has 9 heteroatoms. The van der Waals surface area contributed by atoms with E-state index in [1.54, 1.807) is 25.1 Å². The second-order valence-corrected chi connectivity index (χ2v) is 4.77. The van der Waals surface area contributed by atoms with Crippen molar-refractivity contribution in [3.63, 3.8) is 0 Å². The zero-order chi connectivity index (χ0) is 15.8. The number of nitrogens with one attached hydrogen (secondary N) is 2. The molecule has 9 nitrogen and oxygen atoms in total. The number of rotatable bonds is 3. The van der Waals surface area contributed by atoms with Gasteiger partial charge >= 0.3 is 0 Å². The highest BCUT2D eigenvalue weighted by Gasteiger charge is 2.20. The number of aryl methyl sites for hydroxylation is 1. The van der Waals surface area contributed by atoms with Crippen LogP contribution in [0.3, 0.4) is 0 Å². The lowest BCUT2D eigenvalue weighted by atomic mass is 10.1. The Kier molecular flexibility index (Phi) is 2.90. The monoisotopic (exact) mass is 310 g/mol. The number of carbonyl (C=O) groups excluding carboxylic acids is 1. The lowest BCUT2D eigenvalue weighted by Crippen LogP contribution is -2.14. The summed E-state index contributed by atoms with van der Waals surface area (Å²) in [4.78, 5) is 20.8. The number of anilines is 1. The molecule has 0 fully saturated rings.